The molecule has 0 aliphatic carbocycles. The van der Waals surface area contributed by atoms with Gasteiger partial charge in [-0.1, -0.05) is 12.1 Å². The number of aliphatic carboxylic acids is 1. The van der Waals surface area contributed by atoms with Crippen LogP contribution in [0.2, 0.25) is 0 Å². The molecule has 0 saturated heterocycles. The maximum atomic E-state index is 14.2. The molecule has 3 aromatic rings. The maximum Gasteiger partial charge on any atom is 1.00 e. The van der Waals surface area contributed by atoms with Crippen molar-refractivity contribution in [2.24, 2.45) is 5.41 Å². The second-order valence-corrected chi connectivity index (χ2v) is 11.8. The Morgan fingerprint density at radius 2 is 1.76 bits per heavy atom. The van der Waals surface area contributed by atoms with E-state index in [1.165, 1.54) is 32.0 Å². The fourth-order valence-corrected chi connectivity index (χ4v) is 5.89. The van der Waals surface area contributed by atoms with Crippen LogP contribution in [0.25, 0.3) is 11.1 Å². The first-order valence-corrected chi connectivity index (χ1v) is 13.4. The molecule has 0 bridgehead atoms. The summed E-state index contributed by atoms with van der Waals surface area (Å²) in [6.07, 6.45) is -6.00. The Morgan fingerprint density at radius 1 is 1.07 bits per heavy atom. The van der Waals surface area contributed by atoms with Crippen LogP contribution in [0.4, 0.5) is 32.0 Å². The summed E-state index contributed by atoms with van der Waals surface area (Å²) >= 11 is 0. The summed E-state index contributed by atoms with van der Waals surface area (Å²) < 4.78 is 118. The fraction of sp³-hybridized carbons (Fsp3) is 0.296. The van der Waals surface area contributed by atoms with Gasteiger partial charge in [0.2, 0.25) is 0 Å². The summed E-state index contributed by atoms with van der Waals surface area (Å²) in [7, 11) is -4.69. The van der Waals surface area contributed by atoms with E-state index >= 15 is 0 Å². The Kier molecular flexibility index (Phi) is 9.87. The monoisotopic (exact) mass is 626 g/mol. The number of benzene rings is 3. The number of fused-ring (bicyclic) bond motifs is 1. The van der Waals surface area contributed by atoms with E-state index in [4.69, 9.17) is 4.74 Å². The number of carboxylic acids is 1. The minimum atomic E-state index is -4.83. The van der Waals surface area contributed by atoms with Gasteiger partial charge in [0.05, 0.1) is 28.1 Å². The molecule has 0 unspecified atom stereocenters. The van der Waals surface area contributed by atoms with Crippen LogP contribution in [0.1, 0.15) is 25.8 Å². The zero-order valence-corrected chi connectivity index (χ0v) is 25.3. The average Bonchev–Trinajstić information content (AvgIpc) is 2.86. The van der Waals surface area contributed by atoms with Crippen molar-refractivity contribution in [2.45, 2.75) is 44.1 Å². The molecule has 1 aliphatic rings. The van der Waals surface area contributed by atoms with Crippen LogP contribution in [0.5, 0.6) is 11.5 Å². The van der Waals surface area contributed by atoms with Crippen LogP contribution < -0.4 is 43.3 Å². The van der Waals surface area contributed by atoms with Crippen LogP contribution in [0.15, 0.2) is 65.6 Å². The van der Waals surface area contributed by atoms with Gasteiger partial charge in [0.15, 0.2) is 0 Å². The molecular weight excluding hydrogens is 603 g/mol. The van der Waals surface area contributed by atoms with Gasteiger partial charge in [-0.15, -0.1) is 0 Å². The molecule has 1 atom stereocenters. The van der Waals surface area contributed by atoms with Gasteiger partial charge in [-0.05, 0) is 67.4 Å². The Bertz CT molecular complexity index is 1580. The number of halogens is 6. The largest absolute Gasteiger partial charge is 1.00 e. The summed E-state index contributed by atoms with van der Waals surface area (Å²) in [5.74, 6) is -2.63. The molecule has 220 valence electrons. The van der Waals surface area contributed by atoms with Gasteiger partial charge in [-0.2, -0.15) is 22.0 Å². The van der Waals surface area contributed by atoms with Crippen molar-refractivity contribution in [3.05, 3.63) is 72.0 Å². The van der Waals surface area contributed by atoms with Gasteiger partial charge in [-0.3, -0.25) is 9.10 Å². The summed E-state index contributed by atoms with van der Waals surface area (Å²) in [5, 5.41) is 9.56. The smallest absolute Gasteiger partial charge is 0.486 e. The second-order valence-electron chi connectivity index (χ2n) is 9.93. The molecule has 0 saturated carbocycles. The minimum absolute atomic E-state index is 0. The average molecular weight is 627 g/mol. The molecule has 0 aromatic heterocycles. The van der Waals surface area contributed by atoms with E-state index in [1.807, 2.05) is 0 Å². The molecule has 15 heteroatoms. The third-order valence-electron chi connectivity index (χ3n) is 6.39. The zero-order valence-electron chi connectivity index (χ0n) is 22.5. The normalized spacial score (nSPS) is 15.5. The van der Waals surface area contributed by atoms with Crippen molar-refractivity contribution in [1.82, 2.24) is 0 Å². The molecule has 7 nitrogen and oxygen atoms in total. The van der Waals surface area contributed by atoms with E-state index in [9.17, 15) is 44.7 Å². The van der Waals surface area contributed by atoms with E-state index in [1.54, 1.807) is 0 Å². The molecule has 3 aromatic carbocycles. The Labute approximate surface area is 259 Å². The van der Waals surface area contributed by atoms with E-state index < -0.39 is 68.9 Å². The quantitative estimate of drug-likeness (QED) is 0.304. The maximum absolute atomic E-state index is 14.2. The summed E-state index contributed by atoms with van der Waals surface area (Å²) in [4.78, 5) is 11.0. The van der Waals surface area contributed by atoms with Gasteiger partial charge in [0.1, 0.15) is 23.4 Å². The molecule has 0 spiro atoms. The number of alkyl halides is 5. The molecule has 1 aliphatic heterocycles. The number of carbonyl (C=O) groups is 1. The van der Waals surface area contributed by atoms with Gasteiger partial charge in [-0.25, -0.2) is 12.8 Å². The Balaban J connectivity index is 0.00000484. The molecular formula is C27H23F6NNaO6S+. The van der Waals surface area contributed by atoms with Crippen LogP contribution in [-0.2, 0) is 21.0 Å². The van der Waals surface area contributed by atoms with Crippen molar-refractivity contribution in [3.8, 4) is 22.6 Å². The predicted molar refractivity (Wildman–Crippen MR) is 135 cm³/mol. The first kappa shape index (κ1) is 33.6. The van der Waals surface area contributed by atoms with Crippen molar-refractivity contribution in [1.29, 1.82) is 0 Å². The molecule has 0 radical (unpaired) electrons. The third kappa shape index (κ3) is 7.33. The molecule has 1 N–H and O–H groups in total. The van der Waals surface area contributed by atoms with Gasteiger partial charge < -0.3 is 14.6 Å². The number of nitrogens with zero attached hydrogens (tertiary/aromatic N) is 1. The Hall–Kier alpha value is -2.94. The van der Waals surface area contributed by atoms with E-state index in [0.717, 1.165) is 34.6 Å². The number of hydrogen-bond acceptors (Lipinski definition) is 5. The number of ether oxygens (including phenoxy) is 2. The number of hydrogen-bond donors (Lipinski definition) is 1. The van der Waals surface area contributed by atoms with Crippen molar-refractivity contribution >= 4 is 21.7 Å². The summed E-state index contributed by atoms with van der Waals surface area (Å²) in [6.45, 7) is -0.881. The Morgan fingerprint density at radius 3 is 2.38 bits per heavy atom. The van der Waals surface area contributed by atoms with E-state index in [2.05, 4.69) is 4.74 Å². The summed E-state index contributed by atoms with van der Waals surface area (Å²) in [6, 6.07) is 9.90. The standard InChI is InChI=1S/C27H23F6NO6S.Na/c1-26(2,24(35)36)13-20-14-34(41(37,38)21-5-3-4-17(11-21)27(31,32)33)22-10-15(6-7-23(22)39-20)16-8-18(28)12-19(9-16)40-25(29)30;/h3-12,20,25H,13-14H2,1-2H3,(H,35,36);/q;+1/t20-;/m1./s1. The first-order chi connectivity index (χ1) is 19.0. The molecule has 42 heavy (non-hydrogen) atoms. The van der Waals surface area contributed by atoms with Crippen LogP contribution in [-0.4, -0.2) is 38.8 Å². The molecule has 0 fully saturated rings. The topological polar surface area (TPSA) is 93.1 Å². The van der Waals surface area contributed by atoms with E-state index in [-0.39, 0.29) is 58.5 Å². The number of carboxylic acid groups (broad SMARTS) is 1. The van der Waals surface area contributed by atoms with Crippen LogP contribution >= 0.6 is 0 Å². The second kappa shape index (κ2) is 12.3. The zero-order chi connectivity index (χ0) is 30.3. The van der Waals surface area contributed by atoms with Crippen molar-refractivity contribution in [2.75, 3.05) is 10.8 Å². The fourth-order valence-electron chi connectivity index (χ4n) is 4.34. The van der Waals surface area contributed by atoms with Gasteiger partial charge >= 0.3 is 48.3 Å². The van der Waals surface area contributed by atoms with E-state index in [0.29, 0.717) is 12.1 Å². The first-order valence-electron chi connectivity index (χ1n) is 12.0. The van der Waals surface area contributed by atoms with Gasteiger partial charge in [0.25, 0.3) is 10.0 Å². The molecule has 1 heterocycles. The number of rotatable bonds is 8. The third-order valence-corrected chi connectivity index (χ3v) is 8.16. The molecule has 4 rings (SSSR count). The SMILES string of the molecule is CC(C)(C[C@@H]1CN(S(=O)(=O)c2cccc(C(F)(F)F)c2)c2cc(-c3cc(F)cc(OC(F)F)c3)ccc2O1)C(=O)O.[Na+]. The van der Waals surface area contributed by atoms with Crippen molar-refractivity contribution < 1.29 is 83.7 Å². The van der Waals surface area contributed by atoms with Crippen LogP contribution in [0.3, 0.4) is 0 Å². The minimum Gasteiger partial charge on any atom is -0.486 e. The summed E-state index contributed by atoms with van der Waals surface area (Å²) in [5.41, 5.74) is -2.50. The molecule has 0 amide bonds. The van der Waals surface area contributed by atoms with Gasteiger partial charge in [0, 0.05) is 12.5 Å². The number of sulfonamides is 1. The van der Waals surface area contributed by atoms with Crippen molar-refractivity contribution in [3.63, 3.8) is 0 Å². The van der Waals surface area contributed by atoms with Crippen LogP contribution in [0, 0.1) is 11.2 Å². The predicted octanol–water partition coefficient (Wildman–Crippen LogP) is 3.57. The number of anilines is 1.